The first-order chi connectivity index (χ1) is 9.56. The predicted octanol–water partition coefficient (Wildman–Crippen LogP) is 1.76. The summed E-state index contributed by atoms with van der Waals surface area (Å²) in [4.78, 5) is 17.4. The van der Waals surface area contributed by atoms with Crippen LogP contribution < -0.4 is 10.2 Å². The number of carbonyl (C=O) groups is 1. The lowest BCUT2D eigenvalue weighted by Gasteiger charge is -2.29. The van der Waals surface area contributed by atoms with Crippen LogP contribution in [0.25, 0.3) is 10.9 Å². The Morgan fingerprint density at radius 3 is 2.90 bits per heavy atom. The van der Waals surface area contributed by atoms with Crippen LogP contribution >= 0.6 is 0 Å². The van der Waals surface area contributed by atoms with Crippen molar-refractivity contribution >= 4 is 22.5 Å². The summed E-state index contributed by atoms with van der Waals surface area (Å²) in [5.41, 5.74) is 1.30. The maximum atomic E-state index is 13.9. The Bertz CT molecular complexity index is 702. The van der Waals surface area contributed by atoms with E-state index in [9.17, 15) is 13.6 Å². The third-order valence-corrected chi connectivity index (χ3v) is 3.36. The topological polar surface area (TPSA) is 45.2 Å². The van der Waals surface area contributed by atoms with Crippen LogP contribution in [0.1, 0.15) is 5.69 Å². The lowest BCUT2D eigenvalue weighted by molar-refractivity contribution is -0.120. The molecule has 1 N–H and O–H groups in total. The van der Waals surface area contributed by atoms with Crippen LogP contribution in [0.15, 0.2) is 18.2 Å². The Morgan fingerprint density at radius 2 is 2.15 bits per heavy atom. The summed E-state index contributed by atoms with van der Waals surface area (Å²) in [6.07, 6.45) is 0. The number of amides is 1. The third-order valence-electron chi connectivity index (χ3n) is 3.36. The number of carbonyl (C=O) groups excluding carboxylic acids is 1. The molecular weight excluding hydrogens is 264 g/mol. The smallest absolute Gasteiger partial charge is 0.239 e. The minimum Gasteiger partial charge on any atom is -0.360 e. The molecule has 3 rings (SSSR count). The Hall–Kier alpha value is -2.24. The fourth-order valence-electron chi connectivity index (χ4n) is 2.45. The second-order valence-electron chi connectivity index (χ2n) is 4.81. The highest BCUT2D eigenvalue weighted by Crippen LogP contribution is 2.29. The summed E-state index contributed by atoms with van der Waals surface area (Å²) in [5.74, 6) is -1.95. The van der Waals surface area contributed by atoms with Crippen molar-refractivity contribution in [3.63, 3.8) is 0 Å². The zero-order chi connectivity index (χ0) is 14.3. The van der Waals surface area contributed by atoms with E-state index in [1.54, 1.807) is 13.0 Å². The van der Waals surface area contributed by atoms with Crippen molar-refractivity contribution in [2.45, 2.75) is 6.92 Å². The van der Waals surface area contributed by atoms with Gasteiger partial charge >= 0.3 is 0 Å². The quantitative estimate of drug-likeness (QED) is 0.864. The van der Waals surface area contributed by atoms with E-state index in [-0.39, 0.29) is 18.0 Å². The number of aromatic nitrogens is 1. The molecule has 1 aromatic heterocycles. The van der Waals surface area contributed by atoms with Crippen molar-refractivity contribution in [1.29, 1.82) is 0 Å². The van der Waals surface area contributed by atoms with Crippen LogP contribution in [0.5, 0.6) is 0 Å². The number of hydrogen-bond acceptors (Lipinski definition) is 3. The lowest BCUT2D eigenvalue weighted by atomic mass is 10.1. The molecule has 1 aliphatic rings. The molecule has 0 atom stereocenters. The number of halogens is 2. The number of benzene rings is 1. The molecule has 20 heavy (non-hydrogen) atoms. The van der Waals surface area contributed by atoms with E-state index in [2.05, 4.69) is 10.3 Å². The molecule has 1 fully saturated rings. The second kappa shape index (κ2) is 4.70. The van der Waals surface area contributed by atoms with Gasteiger partial charge in [-0.05, 0) is 25.1 Å². The van der Waals surface area contributed by atoms with Crippen LogP contribution in [0, 0.1) is 18.6 Å². The molecule has 2 aromatic rings. The highest BCUT2D eigenvalue weighted by Gasteiger charge is 2.20. The SMILES string of the molecule is Cc1cc(N2CCNC(=O)C2)c2ccc(F)c(F)c2n1. The molecule has 4 nitrogen and oxygen atoms in total. The van der Waals surface area contributed by atoms with Gasteiger partial charge in [-0.1, -0.05) is 0 Å². The molecule has 1 aliphatic heterocycles. The van der Waals surface area contributed by atoms with E-state index in [0.29, 0.717) is 29.9 Å². The molecule has 1 saturated heterocycles. The van der Waals surface area contributed by atoms with Crippen molar-refractivity contribution in [1.82, 2.24) is 10.3 Å². The van der Waals surface area contributed by atoms with Gasteiger partial charge in [0.2, 0.25) is 5.91 Å². The Balaban J connectivity index is 2.19. The summed E-state index contributed by atoms with van der Waals surface area (Å²) in [6.45, 7) is 3.09. The summed E-state index contributed by atoms with van der Waals surface area (Å²) in [5, 5.41) is 3.25. The highest BCUT2D eigenvalue weighted by atomic mass is 19.2. The highest BCUT2D eigenvalue weighted by molar-refractivity contribution is 5.94. The monoisotopic (exact) mass is 277 g/mol. The average Bonchev–Trinajstić information content (AvgIpc) is 2.43. The number of pyridine rings is 1. The number of fused-ring (bicyclic) bond motifs is 1. The van der Waals surface area contributed by atoms with Crippen LogP contribution in [0.2, 0.25) is 0 Å². The number of nitrogens with zero attached hydrogens (tertiary/aromatic N) is 2. The van der Waals surface area contributed by atoms with E-state index in [1.807, 2.05) is 4.90 Å². The molecular formula is C14H13F2N3O. The fourth-order valence-corrected chi connectivity index (χ4v) is 2.45. The predicted molar refractivity (Wildman–Crippen MR) is 71.6 cm³/mol. The first kappa shape index (κ1) is 12.8. The van der Waals surface area contributed by atoms with Crippen LogP contribution in [-0.2, 0) is 4.79 Å². The van der Waals surface area contributed by atoms with Crippen LogP contribution in [0.4, 0.5) is 14.5 Å². The summed E-state index contributed by atoms with van der Waals surface area (Å²) in [7, 11) is 0. The molecule has 2 heterocycles. The Kier molecular flexibility index (Phi) is 3.00. The molecule has 1 amide bonds. The first-order valence-electron chi connectivity index (χ1n) is 6.33. The number of hydrogen-bond donors (Lipinski definition) is 1. The molecule has 6 heteroatoms. The van der Waals surface area contributed by atoms with Crippen molar-refractivity contribution in [3.8, 4) is 0 Å². The van der Waals surface area contributed by atoms with Crippen molar-refractivity contribution in [2.75, 3.05) is 24.5 Å². The van der Waals surface area contributed by atoms with Gasteiger partial charge < -0.3 is 10.2 Å². The molecule has 0 saturated carbocycles. The number of rotatable bonds is 1. The van der Waals surface area contributed by atoms with Gasteiger partial charge in [0.25, 0.3) is 0 Å². The molecule has 0 bridgehead atoms. The zero-order valence-corrected chi connectivity index (χ0v) is 10.9. The third kappa shape index (κ3) is 2.07. The molecule has 0 unspecified atom stereocenters. The van der Waals surface area contributed by atoms with Crippen LogP contribution in [-0.4, -0.2) is 30.5 Å². The molecule has 104 valence electrons. The van der Waals surface area contributed by atoms with Gasteiger partial charge in [0, 0.05) is 29.9 Å². The largest absolute Gasteiger partial charge is 0.360 e. The lowest BCUT2D eigenvalue weighted by Crippen LogP contribution is -2.47. The summed E-state index contributed by atoms with van der Waals surface area (Å²) < 4.78 is 27.2. The zero-order valence-electron chi connectivity index (χ0n) is 10.9. The van der Waals surface area contributed by atoms with Gasteiger partial charge in [0.1, 0.15) is 5.52 Å². The molecule has 0 aliphatic carbocycles. The van der Waals surface area contributed by atoms with Gasteiger partial charge in [0.15, 0.2) is 11.6 Å². The van der Waals surface area contributed by atoms with E-state index in [0.717, 1.165) is 6.07 Å². The number of nitrogens with one attached hydrogen (secondary N) is 1. The minimum atomic E-state index is -0.950. The molecule has 1 aromatic carbocycles. The van der Waals surface area contributed by atoms with Crippen molar-refractivity contribution in [3.05, 3.63) is 35.5 Å². The maximum Gasteiger partial charge on any atom is 0.239 e. The van der Waals surface area contributed by atoms with Gasteiger partial charge in [-0.15, -0.1) is 0 Å². The van der Waals surface area contributed by atoms with Crippen LogP contribution in [0.3, 0.4) is 0 Å². The Morgan fingerprint density at radius 1 is 1.35 bits per heavy atom. The van der Waals surface area contributed by atoms with Gasteiger partial charge in [-0.2, -0.15) is 0 Å². The van der Waals surface area contributed by atoms with E-state index in [4.69, 9.17) is 0 Å². The van der Waals surface area contributed by atoms with Gasteiger partial charge in [-0.3, -0.25) is 4.79 Å². The second-order valence-corrected chi connectivity index (χ2v) is 4.81. The average molecular weight is 277 g/mol. The standard InChI is InChI=1S/C14H13F2N3O/c1-8-6-11(19-5-4-17-12(20)7-19)9-2-3-10(15)13(16)14(9)18-8/h2-3,6H,4-5,7H2,1H3,(H,17,20). The summed E-state index contributed by atoms with van der Waals surface area (Å²) >= 11 is 0. The molecule has 0 radical (unpaired) electrons. The number of piperazine rings is 1. The van der Waals surface area contributed by atoms with Gasteiger partial charge in [-0.25, -0.2) is 13.8 Å². The number of anilines is 1. The van der Waals surface area contributed by atoms with E-state index >= 15 is 0 Å². The van der Waals surface area contributed by atoms with E-state index < -0.39 is 11.6 Å². The Labute approximate surface area is 114 Å². The fraction of sp³-hybridized carbons (Fsp3) is 0.286. The van der Waals surface area contributed by atoms with Gasteiger partial charge in [0.05, 0.1) is 6.54 Å². The normalized spacial score (nSPS) is 15.6. The van der Waals surface area contributed by atoms with Crippen molar-refractivity contribution in [2.24, 2.45) is 0 Å². The molecule has 0 spiro atoms. The maximum absolute atomic E-state index is 13.9. The van der Waals surface area contributed by atoms with Crippen molar-refractivity contribution < 1.29 is 13.6 Å². The summed E-state index contributed by atoms with van der Waals surface area (Å²) in [6, 6.07) is 4.38. The first-order valence-corrected chi connectivity index (χ1v) is 6.33. The minimum absolute atomic E-state index is 0.00554. The number of aryl methyl sites for hydroxylation is 1. The van der Waals surface area contributed by atoms with E-state index in [1.165, 1.54) is 6.07 Å².